The van der Waals surface area contributed by atoms with Crippen molar-refractivity contribution >= 4 is 22.6 Å². The van der Waals surface area contributed by atoms with Gasteiger partial charge in [0, 0.05) is 12.5 Å². The second-order valence-corrected chi connectivity index (χ2v) is 8.69. The van der Waals surface area contributed by atoms with Crippen LogP contribution in [-0.4, -0.2) is 35.2 Å². The second-order valence-electron chi connectivity index (χ2n) is 8.69. The van der Waals surface area contributed by atoms with Crippen LogP contribution in [0.4, 0.5) is 0 Å². The molecule has 0 aliphatic heterocycles. The Labute approximate surface area is 166 Å². The normalized spacial score (nSPS) is 22.2. The average molecular weight is 383 g/mol. The van der Waals surface area contributed by atoms with Crippen molar-refractivity contribution in [1.29, 1.82) is 0 Å². The van der Waals surface area contributed by atoms with E-state index in [9.17, 15) is 14.7 Å². The molecule has 1 amide bonds. The number of rotatable bonds is 5. The summed E-state index contributed by atoms with van der Waals surface area (Å²) >= 11 is 0. The summed E-state index contributed by atoms with van der Waals surface area (Å²) < 4.78 is 5.42. The Morgan fingerprint density at radius 1 is 1.11 bits per heavy atom. The molecule has 0 unspecified atom stereocenters. The summed E-state index contributed by atoms with van der Waals surface area (Å²) in [5.74, 6) is -0.783. The summed E-state index contributed by atoms with van der Waals surface area (Å²) in [6.45, 7) is 5.87. The molecule has 3 rings (SSSR count). The quantitative estimate of drug-likeness (QED) is 0.778. The van der Waals surface area contributed by atoms with E-state index in [1.807, 2.05) is 63.2 Å². The molecule has 1 fully saturated rings. The molecule has 0 heterocycles. The smallest absolute Gasteiger partial charge is 0.309 e. The molecule has 1 aliphatic rings. The van der Waals surface area contributed by atoms with Gasteiger partial charge in [0.15, 0.2) is 0 Å². The van der Waals surface area contributed by atoms with E-state index in [1.165, 1.54) is 0 Å². The second kappa shape index (κ2) is 8.31. The highest BCUT2D eigenvalue weighted by Gasteiger charge is 2.38. The number of fused-ring (bicyclic) bond motifs is 1. The maximum Gasteiger partial charge on any atom is 0.309 e. The molecule has 3 atom stereocenters. The molecule has 150 valence electrons. The largest absolute Gasteiger partial charge is 0.460 e. The summed E-state index contributed by atoms with van der Waals surface area (Å²) in [6, 6.07) is 14.1. The fourth-order valence-corrected chi connectivity index (χ4v) is 3.74. The zero-order valence-electron chi connectivity index (χ0n) is 16.8. The van der Waals surface area contributed by atoms with Crippen molar-refractivity contribution < 1.29 is 19.4 Å². The Kier molecular flexibility index (Phi) is 6.04. The first-order valence-electron chi connectivity index (χ1n) is 9.86. The SMILES string of the molecule is CC(C)(C)OC(=O)[C@H]1C[C@@H](CNC(=O)Cc2ccc3ccccc3c2)[C@H](O)C1. The van der Waals surface area contributed by atoms with Gasteiger partial charge in [-0.3, -0.25) is 9.59 Å². The lowest BCUT2D eigenvalue weighted by Crippen LogP contribution is -2.33. The van der Waals surface area contributed by atoms with Crippen LogP contribution in [0.1, 0.15) is 39.2 Å². The van der Waals surface area contributed by atoms with E-state index >= 15 is 0 Å². The first-order chi connectivity index (χ1) is 13.2. The average Bonchev–Trinajstić information content (AvgIpc) is 2.99. The molecule has 1 aliphatic carbocycles. The Bertz CT molecular complexity index is 855. The summed E-state index contributed by atoms with van der Waals surface area (Å²) in [5.41, 5.74) is 0.420. The molecule has 0 radical (unpaired) electrons. The third-order valence-corrected chi connectivity index (χ3v) is 5.14. The third kappa shape index (κ3) is 5.32. The maximum atomic E-state index is 12.3. The van der Waals surface area contributed by atoms with Crippen LogP contribution in [-0.2, 0) is 20.7 Å². The van der Waals surface area contributed by atoms with E-state index in [0.717, 1.165) is 16.3 Å². The van der Waals surface area contributed by atoms with Crippen molar-refractivity contribution in [3.05, 3.63) is 48.0 Å². The number of hydrogen-bond donors (Lipinski definition) is 2. The molecule has 5 heteroatoms. The van der Waals surface area contributed by atoms with Gasteiger partial charge < -0.3 is 15.2 Å². The number of amides is 1. The van der Waals surface area contributed by atoms with Gasteiger partial charge in [0.1, 0.15) is 5.60 Å². The number of carbonyl (C=O) groups excluding carboxylic acids is 2. The van der Waals surface area contributed by atoms with Crippen molar-refractivity contribution in [3.63, 3.8) is 0 Å². The highest BCUT2D eigenvalue weighted by molar-refractivity contribution is 5.85. The highest BCUT2D eigenvalue weighted by Crippen LogP contribution is 2.32. The van der Waals surface area contributed by atoms with E-state index in [2.05, 4.69) is 5.32 Å². The van der Waals surface area contributed by atoms with Gasteiger partial charge in [-0.05, 0) is 49.9 Å². The van der Waals surface area contributed by atoms with E-state index in [4.69, 9.17) is 4.74 Å². The molecule has 28 heavy (non-hydrogen) atoms. The number of hydrogen-bond acceptors (Lipinski definition) is 4. The summed E-state index contributed by atoms with van der Waals surface area (Å²) in [6.07, 6.45) is 0.619. The molecule has 2 aromatic rings. The van der Waals surface area contributed by atoms with Crippen molar-refractivity contribution in [3.8, 4) is 0 Å². The molecule has 1 saturated carbocycles. The van der Waals surface area contributed by atoms with E-state index in [1.54, 1.807) is 0 Å². The van der Waals surface area contributed by atoms with Crippen LogP contribution in [0, 0.1) is 11.8 Å². The van der Waals surface area contributed by atoms with Crippen LogP contribution >= 0.6 is 0 Å². The molecule has 2 N–H and O–H groups in total. The lowest BCUT2D eigenvalue weighted by atomic mass is 10.0. The van der Waals surface area contributed by atoms with Crippen LogP contribution in [0.25, 0.3) is 10.8 Å². The number of aliphatic hydroxyl groups is 1. The van der Waals surface area contributed by atoms with E-state index < -0.39 is 11.7 Å². The van der Waals surface area contributed by atoms with Crippen LogP contribution in [0.2, 0.25) is 0 Å². The van der Waals surface area contributed by atoms with Gasteiger partial charge in [-0.15, -0.1) is 0 Å². The summed E-state index contributed by atoms with van der Waals surface area (Å²) in [5, 5.41) is 15.4. The monoisotopic (exact) mass is 383 g/mol. The Morgan fingerprint density at radius 3 is 2.54 bits per heavy atom. The molecule has 2 aromatic carbocycles. The van der Waals surface area contributed by atoms with Gasteiger partial charge in [0.2, 0.25) is 5.91 Å². The Morgan fingerprint density at radius 2 is 1.82 bits per heavy atom. The lowest BCUT2D eigenvalue weighted by Gasteiger charge is -2.22. The Hall–Kier alpha value is -2.40. The van der Waals surface area contributed by atoms with E-state index in [-0.39, 0.29) is 23.7 Å². The predicted octanol–water partition coefficient (Wildman–Crippen LogP) is 3.23. The molecule has 0 bridgehead atoms. The number of nitrogens with one attached hydrogen (secondary N) is 1. The van der Waals surface area contributed by atoms with Gasteiger partial charge in [-0.2, -0.15) is 0 Å². The minimum absolute atomic E-state index is 0.0804. The fraction of sp³-hybridized carbons (Fsp3) is 0.478. The fourth-order valence-electron chi connectivity index (χ4n) is 3.74. The number of carbonyl (C=O) groups is 2. The van der Waals surface area contributed by atoms with Crippen molar-refractivity contribution in [1.82, 2.24) is 5.32 Å². The van der Waals surface area contributed by atoms with Crippen LogP contribution < -0.4 is 5.32 Å². The van der Waals surface area contributed by atoms with Crippen LogP contribution in [0.15, 0.2) is 42.5 Å². The minimum Gasteiger partial charge on any atom is -0.460 e. The van der Waals surface area contributed by atoms with Gasteiger partial charge in [-0.1, -0.05) is 42.5 Å². The number of aliphatic hydroxyl groups excluding tert-OH is 1. The third-order valence-electron chi connectivity index (χ3n) is 5.14. The number of ether oxygens (including phenoxy) is 1. The molecule has 0 aromatic heterocycles. The van der Waals surface area contributed by atoms with E-state index in [0.29, 0.717) is 25.8 Å². The van der Waals surface area contributed by atoms with Crippen molar-refractivity contribution in [2.24, 2.45) is 11.8 Å². The Balaban J connectivity index is 1.50. The van der Waals surface area contributed by atoms with Gasteiger partial charge in [0.05, 0.1) is 18.4 Å². The van der Waals surface area contributed by atoms with Crippen LogP contribution in [0.3, 0.4) is 0 Å². The molecule has 0 saturated heterocycles. The molecule has 0 spiro atoms. The minimum atomic E-state index is -0.599. The molecular weight excluding hydrogens is 354 g/mol. The predicted molar refractivity (Wildman–Crippen MR) is 109 cm³/mol. The summed E-state index contributed by atoms with van der Waals surface area (Å²) in [4.78, 5) is 24.5. The first kappa shape index (κ1) is 20.3. The van der Waals surface area contributed by atoms with Gasteiger partial charge >= 0.3 is 5.97 Å². The lowest BCUT2D eigenvalue weighted by molar-refractivity contribution is -0.160. The zero-order chi connectivity index (χ0) is 20.3. The highest BCUT2D eigenvalue weighted by atomic mass is 16.6. The topological polar surface area (TPSA) is 75.6 Å². The van der Waals surface area contributed by atoms with Gasteiger partial charge in [0.25, 0.3) is 0 Å². The van der Waals surface area contributed by atoms with Crippen LogP contribution in [0.5, 0.6) is 0 Å². The number of benzene rings is 2. The zero-order valence-corrected chi connectivity index (χ0v) is 16.8. The molecule has 5 nitrogen and oxygen atoms in total. The summed E-state index contributed by atoms with van der Waals surface area (Å²) in [7, 11) is 0. The van der Waals surface area contributed by atoms with Crippen molar-refractivity contribution in [2.45, 2.75) is 51.7 Å². The van der Waals surface area contributed by atoms with Gasteiger partial charge in [-0.25, -0.2) is 0 Å². The number of esters is 1. The van der Waals surface area contributed by atoms with Crippen molar-refractivity contribution in [2.75, 3.05) is 6.54 Å². The standard InChI is InChI=1S/C23H29NO4/c1-23(2,3)28-22(27)18-12-19(20(25)13-18)14-24-21(26)11-15-8-9-16-6-4-5-7-17(16)10-15/h4-10,18-20,25H,11-14H2,1-3H3,(H,24,26)/t18-,19-,20+/m0/s1. The molecular formula is C23H29NO4. The maximum absolute atomic E-state index is 12.3. The first-order valence-corrected chi connectivity index (χ1v) is 9.86.